The molecule has 1 fully saturated rings. The molecular formula is C22H35N5O4. The molecule has 9 nitrogen and oxygen atoms in total. The fourth-order valence-electron chi connectivity index (χ4n) is 5.30. The van der Waals surface area contributed by atoms with E-state index in [4.69, 9.17) is 19.2 Å². The average molecular weight is 434 g/mol. The Hall–Kier alpha value is -1.84. The standard InChI is InChI=1S/C22H35N5O4/c1-13-10-16(15-11-17(30-5)21(23-12-15)31-9-8-29-4)24-20-14(2)27(22(28)19(13)20)18-6-7-26(3)25-18/h12-17,19,21H,6-11H2,1-5H3/t13?,14-,15?,16?,17?,19?,21?/m1/s1. The highest BCUT2D eigenvalue weighted by atomic mass is 16.6. The number of carbonyl (C=O) groups is 1. The Morgan fingerprint density at radius 3 is 2.68 bits per heavy atom. The number of hydrogen-bond donors (Lipinski definition) is 0. The molecule has 1 amide bonds. The summed E-state index contributed by atoms with van der Waals surface area (Å²) in [7, 11) is 5.30. The molecule has 0 N–H and O–H groups in total. The maximum absolute atomic E-state index is 13.3. The minimum Gasteiger partial charge on any atom is -0.382 e. The molecule has 0 aromatic rings. The molecule has 0 saturated carbocycles. The monoisotopic (exact) mass is 433 g/mol. The highest BCUT2D eigenvalue weighted by Crippen LogP contribution is 2.39. The summed E-state index contributed by atoms with van der Waals surface area (Å²) >= 11 is 0. The first-order valence-electron chi connectivity index (χ1n) is 11.3. The SMILES string of the molecule is COCCOC1N=CC(C2CC(C)C3C(=O)N(C4=NN(C)CC4)[C@H](C)C3=N2)CC1OC. The molecular weight excluding hydrogens is 398 g/mol. The number of amides is 1. The van der Waals surface area contributed by atoms with Crippen LogP contribution in [0.4, 0.5) is 0 Å². The van der Waals surface area contributed by atoms with Crippen molar-refractivity contribution in [2.24, 2.45) is 32.8 Å². The maximum atomic E-state index is 13.3. The molecule has 0 aromatic carbocycles. The van der Waals surface area contributed by atoms with Gasteiger partial charge >= 0.3 is 0 Å². The predicted octanol–water partition coefficient (Wildman–Crippen LogP) is 1.43. The van der Waals surface area contributed by atoms with Gasteiger partial charge in [0.1, 0.15) is 11.9 Å². The number of fused-ring (bicyclic) bond motifs is 1. The van der Waals surface area contributed by atoms with Gasteiger partial charge in [-0.05, 0) is 25.7 Å². The van der Waals surface area contributed by atoms with Crippen molar-refractivity contribution in [3.05, 3.63) is 0 Å². The van der Waals surface area contributed by atoms with Gasteiger partial charge in [-0.25, -0.2) is 0 Å². The van der Waals surface area contributed by atoms with Crippen molar-refractivity contribution in [1.82, 2.24) is 9.91 Å². The summed E-state index contributed by atoms with van der Waals surface area (Å²) in [6.45, 7) is 6.13. The quantitative estimate of drug-likeness (QED) is 0.591. The van der Waals surface area contributed by atoms with Gasteiger partial charge in [0.15, 0.2) is 6.23 Å². The predicted molar refractivity (Wildman–Crippen MR) is 118 cm³/mol. The van der Waals surface area contributed by atoms with Crippen LogP contribution in [0.2, 0.25) is 0 Å². The topological polar surface area (TPSA) is 88.3 Å². The van der Waals surface area contributed by atoms with Crippen molar-refractivity contribution in [3.8, 4) is 0 Å². The number of amidine groups is 1. The van der Waals surface area contributed by atoms with E-state index in [1.165, 1.54) is 0 Å². The van der Waals surface area contributed by atoms with Crippen molar-refractivity contribution < 1.29 is 19.0 Å². The highest BCUT2D eigenvalue weighted by Gasteiger charge is 2.51. The summed E-state index contributed by atoms with van der Waals surface area (Å²) in [5, 5.41) is 6.47. The molecule has 31 heavy (non-hydrogen) atoms. The lowest BCUT2D eigenvalue weighted by Gasteiger charge is -2.36. The Morgan fingerprint density at radius 1 is 1.19 bits per heavy atom. The molecule has 0 bridgehead atoms. The molecule has 4 aliphatic rings. The van der Waals surface area contributed by atoms with E-state index in [0.717, 1.165) is 37.4 Å². The third-order valence-electron chi connectivity index (χ3n) is 6.98. The van der Waals surface area contributed by atoms with Gasteiger partial charge in [-0.15, -0.1) is 0 Å². The van der Waals surface area contributed by atoms with Gasteiger partial charge in [0.25, 0.3) is 0 Å². The zero-order valence-electron chi connectivity index (χ0n) is 19.2. The summed E-state index contributed by atoms with van der Waals surface area (Å²) in [6.07, 6.45) is 4.05. The minimum atomic E-state index is -0.308. The Balaban J connectivity index is 1.51. The molecule has 0 radical (unpaired) electrons. The van der Waals surface area contributed by atoms with Crippen molar-refractivity contribution in [1.29, 1.82) is 0 Å². The van der Waals surface area contributed by atoms with Gasteiger partial charge in [-0.1, -0.05) is 6.92 Å². The molecule has 0 aliphatic carbocycles. The van der Waals surface area contributed by atoms with Crippen LogP contribution in [0.25, 0.3) is 0 Å². The zero-order valence-corrected chi connectivity index (χ0v) is 19.2. The minimum absolute atomic E-state index is 0.0446. The lowest BCUT2D eigenvalue weighted by molar-refractivity contribution is -0.129. The van der Waals surface area contributed by atoms with Crippen LogP contribution < -0.4 is 0 Å². The summed E-state index contributed by atoms with van der Waals surface area (Å²) in [5.74, 6) is 1.31. The first kappa shape index (κ1) is 22.4. The number of aliphatic imine (C=N–C) groups is 2. The smallest absolute Gasteiger partial charge is 0.237 e. The summed E-state index contributed by atoms with van der Waals surface area (Å²) < 4.78 is 16.6. The van der Waals surface area contributed by atoms with Crippen LogP contribution in [-0.4, -0.2) is 99.0 Å². The van der Waals surface area contributed by atoms with Crippen LogP contribution in [0.1, 0.15) is 33.1 Å². The fourth-order valence-corrected chi connectivity index (χ4v) is 5.30. The number of rotatable bonds is 6. The van der Waals surface area contributed by atoms with Crippen LogP contribution in [0.3, 0.4) is 0 Å². The van der Waals surface area contributed by atoms with E-state index in [0.29, 0.717) is 13.2 Å². The molecule has 1 saturated heterocycles. The molecule has 7 atom stereocenters. The van der Waals surface area contributed by atoms with Gasteiger partial charge in [0.05, 0.1) is 31.2 Å². The molecule has 4 aliphatic heterocycles. The van der Waals surface area contributed by atoms with E-state index in [-0.39, 0.29) is 48.1 Å². The first-order chi connectivity index (χ1) is 14.9. The fraction of sp³-hybridized carbons (Fsp3) is 0.818. The van der Waals surface area contributed by atoms with Crippen molar-refractivity contribution in [2.45, 2.75) is 57.5 Å². The number of methoxy groups -OCH3 is 2. The van der Waals surface area contributed by atoms with Gasteiger partial charge in [0, 0.05) is 52.1 Å². The van der Waals surface area contributed by atoms with E-state index in [1.807, 2.05) is 23.2 Å². The number of nitrogens with zero attached hydrogens (tertiary/aromatic N) is 5. The zero-order chi connectivity index (χ0) is 22.1. The number of carbonyl (C=O) groups excluding carboxylic acids is 1. The summed E-state index contributed by atoms with van der Waals surface area (Å²) in [5.41, 5.74) is 1.01. The van der Waals surface area contributed by atoms with E-state index in [2.05, 4.69) is 23.9 Å². The molecule has 172 valence electrons. The van der Waals surface area contributed by atoms with Crippen LogP contribution in [0.15, 0.2) is 15.1 Å². The number of ether oxygens (including phenoxy) is 3. The second kappa shape index (κ2) is 9.34. The van der Waals surface area contributed by atoms with Crippen molar-refractivity contribution >= 4 is 23.7 Å². The van der Waals surface area contributed by atoms with Crippen LogP contribution in [0, 0.1) is 17.8 Å². The second-order valence-corrected chi connectivity index (χ2v) is 9.07. The second-order valence-electron chi connectivity index (χ2n) is 9.07. The van der Waals surface area contributed by atoms with Crippen LogP contribution >= 0.6 is 0 Å². The number of hydrazone groups is 1. The summed E-state index contributed by atoms with van der Waals surface area (Å²) in [4.78, 5) is 24.9. The Morgan fingerprint density at radius 2 is 2.00 bits per heavy atom. The Kier molecular flexibility index (Phi) is 6.74. The molecule has 4 rings (SSSR count). The lowest BCUT2D eigenvalue weighted by Crippen LogP contribution is -2.43. The Labute approximate surface area is 184 Å². The van der Waals surface area contributed by atoms with E-state index in [1.54, 1.807) is 14.2 Å². The number of likely N-dealkylation sites (tertiary alicyclic amines) is 1. The van der Waals surface area contributed by atoms with Gasteiger partial charge in [-0.2, -0.15) is 5.10 Å². The molecule has 0 spiro atoms. The summed E-state index contributed by atoms with van der Waals surface area (Å²) in [6, 6.07) is 0.0582. The van der Waals surface area contributed by atoms with E-state index >= 15 is 0 Å². The molecule has 0 aromatic heterocycles. The van der Waals surface area contributed by atoms with Crippen molar-refractivity contribution in [2.75, 3.05) is 41.0 Å². The average Bonchev–Trinajstić information content (AvgIpc) is 3.29. The largest absolute Gasteiger partial charge is 0.382 e. The molecule has 4 heterocycles. The van der Waals surface area contributed by atoms with E-state index in [9.17, 15) is 4.79 Å². The maximum Gasteiger partial charge on any atom is 0.237 e. The molecule has 6 unspecified atom stereocenters. The Bertz CT molecular complexity index is 769. The lowest BCUT2D eigenvalue weighted by atomic mass is 9.77. The number of hydrogen-bond acceptors (Lipinski definition) is 8. The highest BCUT2D eigenvalue weighted by molar-refractivity contribution is 6.19. The third-order valence-corrected chi connectivity index (χ3v) is 6.98. The van der Waals surface area contributed by atoms with Gasteiger partial charge in [0.2, 0.25) is 5.91 Å². The normalized spacial score (nSPS) is 37.8. The van der Waals surface area contributed by atoms with E-state index < -0.39 is 0 Å². The van der Waals surface area contributed by atoms with Crippen molar-refractivity contribution in [3.63, 3.8) is 0 Å². The van der Waals surface area contributed by atoms with Gasteiger partial charge in [-0.3, -0.25) is 24.7 Å². The third kappa shape index (κ3) is 4.27. The first-order valence-corrected chi connectivity index (χ1v) is 11.3. The molecule has 9 heteroatoms. The van der Waals surface area contributed by atoms with Gasteiger partial charge < -0.3 is 14.2 Å². The van der Waals surface area contributed by atoms with Crippen LogP contribution in [-0.2, 0) is 19.0 Å². The van der Waals surface area contributed by atoms with Crippen LogP contribution in [0.5, 0.6) is 0 Å².